The van der Waals surface area contributed by atoms with Crippen LogP contribution in [0.1, 0.15) is 12.8 Å². The fourth-order valence-corrected chi connectivity index (χ4v) is 1.57. The van der Waals surface area contributed by atoms with Gasteiger partial charge in [0.25, 0.3) is 0 Å². The van der Waals surface area contributed by atoms with Crippen molar-refractivity contribution in [3.8, 4) is 0 Å². The Balaban J connectivity index is -0.000000422. The van der Waals surface area contributed by atoms with Crippen LogP contribution in [-0.2, 0) is 21.7 Å². The molecule has 0 unspecified atom stereocenters. The van der Waals surface area contributed by atoms with Crippen LogP contribution in [0.25, 0.3) is 0 Å². The summed E-state index contributed by atoms with van der Waals surface area (Å²) < 4.78 is 0. The van der Waals surface area contributed by atoms with E-state index in [0.717, 1.165) is 24.0 Å². The molecule has 0 saturated heterocycles. The first kappa shape index (κ1) is 21.8. The Morgan fingerprint density at radius 1 is 0.875 bits per heavy atom. The molecule has 1 radical (unpaired) electrons. The molecule has 1 N–H and O–H groups in total. The molecular weight excluding hydrogens is 302 g/mol. The van der Waals surface area contributed by atoms with Crippen LogP contribution in [0.5, 0.6) is 0 Å². The molecule has 0 amide bonds. The summed E-state index contributed by atoms with van der Waals surface area (Å²) in [7, 11) is 0. The van der Waals surface area contributed by atoms with E-state index in [9.17, 15) is 5.11 Å². The number of aliphatic hydroxyl groups is 1. The zero-order valence-corrected chi connectivity index (χ0v) is 12.4. The standard InChI is InChI=1S/C11H12O.3ClH.Ti/c12-11(9-5-1-2-6-9)10-7-3-4-8-10;;;;/h1-5,7,11-12H,6,8H2;3*1H;/q;;;;+3/p-3. The van der Waals surface area contributed by atoms with Gasteiger partial charge in [-0.25, -0.2) is 0 Å². The molecule has 0 atom stereocenters. The molecule has 2 aliphatic rings. The van der Waals surface area contributed by atoms with Gasteiger partial charge >= 0.3 is 21.7 Å². The van der Waals surface area contributed by atoms with Gasteiger partial charge in [-0.15, -0.1) is 0 Å². The average molecular weight is 314 g/mol. The van der Waals surface area contributed by atoms with Crippen molar-refractivity contribution >= 4 is 0 Å². The van der Waals surface area contributed by atoms with Crippen molar-refractivity contribution in [2.75, 3.05) is 0 Å². The van der Waals surface area contributed by atoms with Crippen molar-refractivity contribution < 1.29 is 64.0 Å². The van der Waals surface area contributed by atoms with Gasteiger partial charge in [0.2, 0.25) is 0 Å². The topological polar surface area (TPSA) is 20.2 Å². The smallest absolute Gasteiger partial charge is 1.00 e. The third kappa shape index (κ3) is 5.22. The van der Waals surface area contributed by atoms with Gasteiger partial charge in [-0.1, -0.05) is 36.5 Å². The SMILES string of the molecule is OC(C1=CC=CC1)C1=CC=CC1.[Cl-].[Cl-].[Cl-].[Ti+3]. The van der Waals surface area contributed by atoms with E-state index in [4.69, 9.17) is 0 Å². The van der Waals surface area contributed by atoms with Crippen molar-refractivity contribution in [2.24, 2.45) is 0 Å². The second-order valence-corrected chi connectivity index (χ2v) is 3.15. The van der Waals surface area contributed by atoms with Crippen LogP contribution in [0.15, 0.2) is 47.6 Å². The number of rotatable bonds is 2. The van der Waals surface area contributed by atoms with E-state index in [2.05, 4.69) is 12.2 Å². The number of aliphatic hydroxyl groups excluding tert-OH is 1. The molecule has 1 nitrogen and oxygen atoms in total. The molecule has 0 saturated carbocycles. The van der Waals surface area contributed by atoms with Gasteiger partial charge in [-0.3, -0.25) is 0 Å². The molecule has 0 heterocycles. The van der Waals surface area contributed by atoms with E-state index in [1.165, 1.54) is 0 Å². The molecule has 0 bridgehead atoms. The van der Waals surface area contributed by atoms with E-state index in [1.54, 1.807) is 0 Å². The van der Waals surface area contributed by atoms with E-state index < -0.39 is 0 Å². The predicted molar refractivity (Wildman–Crippen MR) is 49.7 cm³/mol. The summed E-state index contributed by atoms with van der Waals surface area (Å²) >= 11 is 0. The fourth-order valence-electron chi connectivity index (χ4n) is 1.57. The molecule has 0 spiro atoms. The Bertz CT molecular complexity index is 278. The van der Waals surface area contributed by atoms with E-state index in [0.29, 0.717) is 0 Å². The fraction of sp³-hybridized carbons (Fsp3) is 0.273. The third-order valence-corrected chi connectivity index (χ3v) is 2.30. The molecule has 0 aromatic carbocycles. The predicted octanol–water partition coefficient (Wildman–Crippen LogP) is -6.87. The van der Waals surface area contributed by atoms with Crippen LogP contribution in [0, 0.1) is 0 Å². The second-order valence-electron chi connectivity index (χ2n) is 3.15. The maximum atomic E-state index is 9.83. The van der Waals surface area contributed by atoms with Crippen LogP contribution in [-0.4, -0.2) is 11.2 Å². The van der Waals surface area contributed by atoms with Crippen LogP contribution < -0.4 is 37.2 Å². The first-order valence-corrected chi connectivity index (χ1v) is 4.27. The molecule has 5 heteroatoms. The van der Waals surface area contributed by atoms with Gasteiger partial charge in [0.1, 0.15) is 0 Å². The summed E-state index contributed by atoms with van der Waals surface area (Å²) in [4.78, 5) is 0. The van der Waals surface area contributed by atoms with Gasteiger partial charge in [0.05, 0.1) is 6.10 Å². The molecule has 2 aliphatic carbocycles. The van der Waals surface area contributed by atoms with Crippen LogP contribution in [0.4, 0.5) is 0 Å². The maximum Gasteiger partial charge on any atom is 3.00 e. The molecule has 2 rings (SSSR count). The number of halogens is 3. The number of hydrogen-bond donors (Lipinski definition) is 1. The molecular formula is C11H12Cl3OTi. The minimum atomic E-state index is -0.352. The zero-order chi connectivity index (χ0) is 8.39. The van der Waals surface area contributed by atoms with Gasteiger partial charge in [0, 0.05) is 0 Å². The zero-order valence-electron chi connectivity index (χ0n) is 8.54. The Morgan fingerprint density at radius 2 is 1.25 bits per heavy atom. The average Bonchev–Trinajstić information content (AvgIpc) is 2.77. The first-order valence-electron chi connectivity index (χ1n) is 4.27. The summed E-state index contributed by atoms with van der Waals surface area (Å²) in [5.41, 5.74) is 2.23. The van der Waals surface area contributed by atoms with Crippen molar-refractivity contribution in [1.29, 1.82) is 0 Å². The Hall–Kier alpha value is 0.504. The van der Waals surface area contributed by atoms with Gasteiger partial charge in [0.15, 0.2) is 0 Å². The minimum Gasteiger partial charge on any atom is -1.00 e. The largest absolute Gasteiger partial charge is 3.00 e. The first-order chi connectivity index (χ1) is 5.88. The van der Waals surface area contributed by atoms with Crippen molar-refractivity contribution in [2.45, 2.75) is 18.9 Å². The summed E-state index contributed by atoms with van der Waals surface area (Å²) in [5, 5.41) is 9.83. The molecule has 0 fully saturated rings. The molecule has 0 aromatic rings. The summed E-state index contributed by atoms with van der Waals surface area (Å²) in [6.07, 6.45) is 13.6. The van der Waals surface area contributed by atoms with Crippen LogP contribution >= 0.6 is 0 Å². The summed E-state index contributed by atoms with van der Waals surface area (Å²) in [6, 6.07) is 0. The molecule has 87 valence electrons. The molecule has 0 aliphatic heterocycles. The summed E-state index contributed by atoms with van der Waals surface area (Å²) in [5.74, 6) is 0. The van der Waals surface area contributed by atoms with Crippen LogP contribution in [0.3, 0.4) is 0 Å². The normalized spacial score (nSPS) is 15.4. The van der Waals surface area contributed by atoms with Gasteiger partial charge < -0.3 is 42.3 Å². The minimum absolute atomic E-state index is 0. The van der Waals surface area contributed by atoms with Gasteiger partial charge in [-0.05, 0) is 24.0 Å². The molecule has 16 heavy (non-hydrogen) atoms. The van der Waals surface area contributed by atoms with E-state index >= 15 is 0 Å². The Morgan fingerprint density at radius 3 is 1.50 bits per heavy atom. The van der Waals surface area contributed by atoms with E-state index in [-0.39, 0.29) is 65.0 Å². The number of allylic oxidation sites excluding steroid dienone is 6. The van der Waals surface area contributed by atoms with E-state index in [1.807, 2.05) is 24.3 Å². The van der Waals surface area contributed by atoms with Gasteiger partial charge in [-0.2, -0.15) is 0 Å². The maximum absolute atomic E-state index is 9.83. The van der Waals surface area contributed by atoms with Crippen molar-refractivity contribution in [1.82, 2.24) is 0 Å². The van der Waals surface area contributed by atoms with Crippen LogP contribution in [0.2, 0.25) is 0 Å². The Kier molecular flexibility index (Phi) is 14.5. The third-order valence-electron chi connectivity index (χ3n) is 2.30. The number of hydrogen-bond acceptors (Lipinski definition) is 1. The summed E-state index contributed by atoms with van der Waals surface area (Å²) in [6.45, 7) is 0. The monoisotopic (exact) mass is 313 g/mol. The molecule has 0 aromatic heterocycles. The Labute approximate surface area is 130 Å². The van der Waals surface area contributed by atoms with Crippen molar-refractivity contribution in [3.05, 3.63) is 47.6 Å². The second kappa shape index (κ2) is 10.6. The van der Waals surface area contributed by atoms with Crippen molar-refractivity contribution in [3.63, 3.8) is 0 Å². The quantitative estimate of drug-likeness (QED) is 0.503.